The molecule has 0 radical (unpaired) electrons. The van der Waals surface area contributed by atoms with Gasteiger partial charge < -0.3 is 11.1 Å². The van der Waals surface area contributed by atoms with Crippen LogP contribution in [0.3, 0.4) is 0 Å². The van der Waals surface area contributed by atoms with E-state index in [2.05, 4.69) is 26.1 Å². The van der Waals surface area contributed by atoms with E-state index in [4.69, 9.17) is 5.73 Å². The van der Waals surface area contributed by atoms with E-state index in [0.29, 0.717) is 12.3 Å². The first kappa shape index (κ1) is 14.4. The largest absolute Gasteiger partial charge is 0.353 e. The molecule has 0 heterocycles. The summed E-state index contributed by atoms with van der Waals surface area (Å²) in [5, 5.41) is 3.04. The van der Waals surface area contributed by atoms with Crippen molar-refractivity contribution in [2.45, 2.75) is 58.9 Å². The van der Waals surface area contributed by atoms with Gasteiger partial charge in [0.15, 0.2) is 0 Å². The molecule has 2 atom stereocenters. The molecule has 0 aromatic rings. The van der Waals surface area contributed by atoms with Gasteiger partial charge in [0.1, 0.15) is 0 Å². The first-order chi connectivity index (χ1) is 7.11. The molecule has 3 nitrogen and oxygen atoms in total. The average molecular weight is 214 g/mol. The zero-order valence-corrected chi connectivity index (χ0v) is 10.4. The van der Waals surface area contributed by atoms with Crippen molar-refractivity contribution >= 4 is 5.91 Å². The van der Waals surface area contributed by atoms with Crippen LogP contribution in [0.25, 0.3) is 0 Å². The fourth-order valence-corrected chi connectivity index (χ4v) is 1.43. The van der Waals surface area contributed by atoms with Crippen LogP contribution < -0.4 is 11.1 Å². The highest BCUT2D eigenvalue weighted by atomic mass is 16.1. The summed E-state index contributed by atoms with van der Waals surface area (Å²) in [5.74, 6) is 0.734. The quantitative estimate of drug-likeness (QED) is 0.608. The van der Waals surface area contributed by atoms with Gasteiger partial charge in [-0.2, -0.15) is 0 Å². The smallest absolute Gasteiger partial charge is 0.220 e. The van der Waals surface area contributed by atoms with Crippen LogP contribution in [0.1, 0.15) is 52.9 Å². The van der Waals surface area contributed by atoms with E-state index in [1.54, 1.807) is 0 Å². The van der Waals surface area contributed by atoms with Crippen molar-refractivity contribution < 1.29 is 4.79 Å². The number of hydrogen-bond acceptors (Lipinski definition) is 2. The number of hydrogen-bond donors (Lipinski definition) is 2. The molecule has 90 valence electrons. The maximum Gasteiger partial charge on any atom is 0.220 e. The molecule has 3 N–H and O–H groups in total. The molecule has 0 aliphatic heterocycles. The molecule has 0 bridgehead atoms. The Balaban J connectivity index is 3.55. The molecule has 0 aromatic heterocycles. The highest BCUT2D eigenvalue weighted by molar-refractivity contribution is 5.76. The Morgan fingerprint density at radius 1 is 1.27 bits per heavy atom. The Morgan fingerprint density at radius 2 is 1.93 bits per heavy atom. The Hall–Kier alpha value is -0.570. The molecular formula is C12H26N2O. The third-order valence-corrected chi connectivity index (χ3v) is 2.99. The summed E-state index contributed by atoms with van der Waals surface area (Å²) in [5.41, 5.74) is 5.38. The topological polar surface area (TPSA) is 55.1 Å². The van der Waals surface area contributed by atoms with Gasteiger partial charge in [-0.25, -0.2) is 0 Å². The summed E-state index contributed by atoms with van der Waals surface area (Å²) in [7, 11) is 0. The van der Waals surface area contributed by atoms with Gasteiger partial charge in [0.2, 0.25) is 5.91 Å². The van der Waals surface area contributed by atoms with Crippen LogP contribution >= 0.6 is 0 Å². The average Bonchev–Trinajstić information content (AvgIpc) is 2.23. The zero-order chi connectivity index (χ0) is 11.7. The minimum Gasteiger partial charge on any atom is -0.353 e. The van der Waals surface area contributed by atoms with Crippen LogP contribution in [0.2, 0.25) is 0 Å². The first-order valence-corrected chi connectivity index (χ1v) is 6.11. The summed E-state index contributed by atoms with van der Waals surface area (Å²) in [4.78, 5) is 11.5. The molecule has 0 rings (SSSR count). The second-order valence-electron chi connectivity index (χ2n) is 4.34. The number of unbranched alkanes of at least 4 members (excludes halogenated alkanes) is 2. The second-order valence-corrected chi connectivity index (χ2v) is 4.34. The van der Waals surface area contributed by atoms with E-state index in [-0.39, 0.29) is 11.9 Å². The van der Waals surface area contributed by atoms with Gasteiger partial charge >= 0.3 is 0 Å². The Kier molecular flexibility index (Phi) is 8.38. The third kappa shape index (κ3) is 7.37. The number of rotatable bonds is 8. The molecular weight excluding hydrogens is 188 g/mol. The van der Waals surface area contributed by atoms with Crippen LogP contribution in [-0.2, 0) is 4.79 Å². The van der Waals surface area contributed by atoms with Crippen molar-refractivity contribution in [2.75, 3.05) is 6.54 Å². The normalized spacial score (nSPS) is 14.7. The molecule has 0 aliphatic carbocycles. The molecule has 0 saturated heterocycles. The molecule has 2 unspecified atom stereocenters. The van der Waals surface area contributed by atoms with Gasteiger partial charge in [-0.3, -0.25) is 4.79 Å². The van der Waals surface area contributed by atoms with Crippen molar-refractivity contribution in [3.63, 3.8) is 0 Å². The lowest BCUT2D eigenvalue weighted by Crippen LogP contribution is -2.36. The van der Waals surface area contributed by atoms with Gasteiger partial charge in [-0.15, -0.1) is 0 Å². The van der Waals surface area contributed by atoms with Gasteiger partial charge in [0.05, 0.1) is 0 Å². The minimum absolute atomic E-state index is 0.180. The highest BCUT2D eigenvalue weighted by Crippen LogP contribution is 2.07. The fourth-order valence-electron chi connectivity index (χ4n) is 1.43. The lowest BCUT2D eigenvalue weighted by atomic mass is 10.0. The molecule has 1 amide bonds. The van der Waals surface area contributed by atoms with Crippen LogP contribution in [0.15, 0.2) is 0 Å². The lowest BCUT2D eigenvalue weighted by Gasteiger charge is -2.19. The van der Waals surface area contributed by atoms with Crippen molar-refractivity contribution in [1.82, 2.24) is 5.32 Å². The highest BCUT2D eigenvalue weighted by Gasteiger charge is 2.12. The van der Waals surface area contributed by atoms with Gasteiger partial charge in [-0.05, 0) is 32.2 Å². The Morgan fingerprint density at radius 3 is 2.47 bits per heavy atom. The first-order valence-electron chi connectivity index (χ1n) is 6.11. The summed E-state index contributed by atoms with van der Waals surface area (Å²) < 4.78 is 0. The second kappa shape index (κ2) is 8.72. The molecule has 3 heteroatoms. The van der Waals surface area contributed by atoms with Gasteiger partial charge in [-0.1, -0.05) is 26.7 Å². The van der Waals surface area contributed by atoms with Gasteiger partial charge in [0, 0.05) is 12.5 Å². The summed E-state index contributed by atoms with van der Waals surface area (Å²) >= 11 is 0. The molecule has 0 aliphatic rings. The third-order valence-electron chi connectivity index (χ3n) is 2.99. The Labute approximate surface area is 93.8 Å². The number of amides is 1. The predicted molar refractivity (Wildman–Crippen MR) is 64.6 cm³/mol. The number of nitrogens with one attached hydrogen (secondary N) is 1. The number of nitrogens with two attached hydrogens (primary N) is 1. The predicted octanol–water partition coefficient (Wildman–Crippen LogP) is 2.06. The SMILES string of the molecule is CCC(C)C(C)NC(=O)CCCCCN. The fraction of sp³-hybridized carbons (Fsp3) is 0.917. The van der Waals surface area contributed by atoms with Crippen molar-refractivity contribution in [1.29, 1.82) is 0 Å². The van der Waals surface area contributed by atoms with Crippen LogP contribution in [0, 0.1) is 5.92 Å². The van der Waals surface area contributed by atoms with Crippen LogP contribution in [-0.4, -0.2) is 18.5 Å². The Bertz CT molecular complexity index is 171. The summed E-state index contributed by atoms with van der Waals surface area (Å²) in [6.07, 6.45) is 4.78. The summed E-state index contributed by atoms with van der Waals surface area (Å²) in [6, 6.07) is 0.289. The van der Waals surface area contributed by atoms with Crippen molar-refractivity contribution in [3.05, 3.63) is 0 Å². The zero-order valence-electron chi connectivity index (χ0n) is 10.4. The monoisotopic (exact) mass is 214 g/mol. The van der Waals surface area contributed by atoms with Crippen LogP contribution in [0.4, 0.5) is 0 Å². The standard InChI is InChI=1S/C12H26N2O/c1-4-10(2)11(3)14-12(15)8-6-5-7-9-13/h10-11H,4-9,13H2,1-3H3,(H,14,15). The molecule has 0 aromatic carbocycles. The van der Waals surface area contributed by atoms with E-state index in [1.807, 2.05) is 0 Å². The number of carbonyl (C=O) groups excluding carboxylic acids is 1. The van der Waals surface area contributed by atoms with E-state index in [0.717, 1.165) is 32.2 Å². The van der Waals surface area contributed by atoms with E-state index in [9.17, 15) is 4.79 Å². The maximum atomic E-state index is 11.5. The molecule has 15 heavy (non-hydrogen) atoms. The van der Waals surface area contributed by atoms with E-state index >= 15 is 0 Å². The molecule has 0 saturated carbocycles. The van der Waals surface area contributed by atoms with Crippen molar-refractivity contribution in [2.24, 2.45) is 11.7 Å². The molecule has 0 spiro atoms. The van der Waals surface area contributed by atoms with Crippen molar-refractivity contribution in [3.8, 4) is 0 Å². The lowest BCUT2D eigenvalue weighted by molar-refractivity contribution is -0.122. The number of carbonyl (C=O) groups is 1. The maximum absolute atomic E-state index is 11.5. The molecule has 0 fully saturated rings. The van der Waals surface area contributed by atoms with Gasteiger partial charge in [0.25, 0.3) is 0 Å². The van der Waals surface area contributed by atoms with E-state index in [1.165, 1.54) is 0 Å². The van der Waals surface area contributed by atoms with Crippen LogP contribution in [0.5, 0.6) is 0 Å². The summed E-state index contributed by atoms with van der Waals surface area (Å²) in [6.45, 7) is 7.12. The van der Waals surface area contributed by atoms with E-state index < -0.39 is 0 Å². The minimum atomic E-state index is 0.180.